The molecule has 0 radical (unpaired) electrons. The van der Waals surface area contributed by atoms with Crippen LogP contribution in [0.15, 0.2) is 72.9 Å². The summed E-state index contributed by atoms with van der Waals surface area (Å²) in [6, 6.07) is 18.4. The molecule has 196 valence electrons. The molecule has 0 unspecified atom stereocenters. The number of halogens is 2. The van der Waals surface area contributed by atoms with Crippen molar-refractivity contribution in [2.24, 2.45) is 0 Å². The van der Waals surface area contributed by atoms with Gasteiger partial charge in [0.1, 0.15) is 11.6 Å². The van der Waals surface area contributed by atoms with E-state index >= 15 is 0 Å². The van der Waals surface area contributed by atoms with Gasteiger partial charge in [0, 0.05) is 17.4 Å². The highest BCUT2D eigenvalue weighted by Gasteiger charge is 2.22. The van der Waals surface area contributed by atoms with E-state index in [1.807, 2.05) is 48.7 Å². The fourth-order valence-corrected chi connectivity index (χ4v) is 4.22. The lowest BCUT2D eigenvalue weighted by Crippen LogP contribution is -2.12. The van der Waals surface area contributed by atoms with Crippen LogP contribution in [0.1, 0.15) is 48.8 Å². The summed E-state index contributed by atoms with van der Waals surface area (Å²) < 4.78 is 36.4. The molecule has 2 aromatic heterocycles. The summed E-state index contributed by atoms with van der Waals surface area (Å²) in [6.45, 7) is 8.68. The Balaban J connectivity index is 0.00000107. The van der Waals surface area contributed by atoms with Crippen LogP contribution in [0.4, 0.5) is 14.6 Å². The number of hydrogen-bond acceptors (Lipinski definition) is 4. The number of aryl methyl sites for hydroxylation is 2. The zero-order valence-corrected chi connectivity index (χ0v) is 21.8. The minimum atomic E-state index is -1.06. The molecule has 0 bridgehead atoms. The molecule has 0 aliphatic heterocycles. The number of nitrogens with zero attached hydrogens (tertiary/aromatic N) is 3. The maximum absolute atomic E-state index is 14.0. The highest BCUT2D eigenvalue weighted by molar-refractivity contribution is 6.13. The Morgan fingerprint density at radius 2 is 1.74 bits per heavy atom. The Morgan fingerprint density at radius 1 is 1.00 bits per heavy atom. The van der Waals surface area contributed by atoms with Gasteiger partial charge in [-0.3, -0.25) is 4.79 Å². The van der Waals surface area contributed by atoms with Gasteiger partial charge in [0.05, 0.1) is 23.1 Å². The molecule has 0 aliphatic rings. The molecule has 8 heteroatoms. The normalized spacial score (nSPS) is 10.8. The number of nitrogens with two attached hydrogens (primary N) is 1. The summed E-state index contributed by atoms with van der Waals surface area (Å²) in [5.74, 6) is -1.94. The molecule has 0 saturated carbocycles. The molecule has 2 heterocycles. The molecule has 2 N–H and O–H groups in total. The molecule has 0 saturated heterocycles. The number of hydrogen-bond donors (Lipinski definition) is 1. The number of fused-ring (bicyclic) bond motifs is 1. The largest absolute Gasteiger partial charge is 0.454 e. The van der Waals surface area contributed by atoms with Gasteiger partial charge in [-0.1, -0.05) is 44.5 Å². The maximum atomic E-state index is 14.0. The van der Waals surface area contributed by atoms with E-state index in [1.165, 1.54) is 29.4 Å². The molecule has 6 nitrogen and oxygen atoms in total. The number of para-hydroxylation sites is 1. The molecule has 0 spiro atoms. The van der Waals surface area contributed by atoms with Gasteiger partial charge in [-0.25, -0.2) is 9.07 Å². The van der Waals surface area contributed by atoms with Crippen LogP contribution in [0.2, 0.25) is 0 Å². The van der Waals surface area contributed by atoms with Gasteiger partial charge >= 0.3 is 0 Å². The predicted octanol–water partition coefficient (Wildman–Crippen LogP) is 7.46. The first-order valence-electron chi connectivity index (χ1n) is 12.5. The van der Waals surface area contributed by atoms with Crippen LogP contribution in [0.3, 0.4) is 0 Å². The molecule has 0 fully saturated rings. The lowest BCUT2D eigenvalue weighted by Gasteiger charge is -2.12. The minimum absolute atomic E-state index is 0.204. The third-order valence-electron chi connectivity index (χ3n) is 5.95. The van der Waals surface area contributed by atoms with Gasteiger partial charge in [0.2, 0.25) is 11.6 Å². The van der Waals surface area contributed by atoms with E-state index in [-0.39, 0.29) is 17.4 Å². The molecular formula is C30H30F2N4O2. The average Bonchev–Trinajstić information content (AvgIpc) is 3.47. The Labute approximate surface area is 220 Å². The second-order valence-electron chi connectivity index (χ2n) is 8.83. The monoisotopic (exact) mass is 516 g/mol. The third kappa shape index (κ3) is 5.02. The lowest BCUT2D eigenvalue weighted by molar-refractivity contribution is 0.103. The van der Waals surface area contributed by atoms with Crippen LogP contribution < -0.4 is 10.5 Å². The minimum Gasteiger partial charge on any atom is -0.454 e. The molecule has 0 amide bonds. The Bertz CT molecular complexity index is 1600. The summed E-state index contributed by atoms with van der Waals surface area (Å²) in [4.78, 5) is 13.4. The number of benzene rings is 3. The Kier molecular flexibility index (Phi) is 7.90. The highest BCUT2D eigenvalue weighted by atomic mass is 19.2. The SMILES string of the molecule is CCC.CCn1c(C(=O)c2cnn(-c3ccc(Oc4cccc(F)c4F)cc3C)c2N)cc2ccccc21. The summed E-state index contributed by atoms with van der Waals surface area (Å²) in [5, 5.41) is 5.33. The summed E-state index contributed by atoms with van der Waals surface area (Å²) in [6.07, 6.45) is 2.71. The second kappa shape index (κ2) is 11.3. The van der Waals surface area contributed by atoms with E-state index in [1.54, 1.807) is 18.2 Å². The van der Waals surface area contributed by atoms with Crippen LogP contribution in [0, 0.1) is 18.6 Å². The predicted molar refractivity (Wildman–Crippen MR) is 146 cm³/mol. The van der Waals surface area contributed by atoms with Crippen LogP contribution in [0.25, 0.3) is 16.6 Å². The first kappa shape index (κ1) is 26.6. The maximum Gasteiger partial charge on any atom is 0.214 e. The summed E-state index contributed by atoms with van der Waals surface area (Å²) >= 11 is 0. The molecule has 38 heavy (non-hydrogen) atoms. The second-order valence-corrected chi connectivity index (χ2v) is 8.83. The standard InChI is InChI=1S/C27H22F2N4O2.C3H8/c1-3-32-22-9-5-4-7-17(22)14-23(32)26(34)19-15-31-33(27(19)30)21-12-11-18(13-16(21)2)35-24-10-6-8-20(28)25(24)29;1-3-2/h4-15H,3,30H2,1-2H3;3H2,1-2H3. The third-order valence-corrected chi connectivity index (χ3v) is 5.95. The van der Waals surface area contributed by atoms with Crippen molar-refractivity contribution in [1.29, 1.82) is 0 Å². The van der Waals surface area contributed by atoms with Crippen molar-refractivity contribution in [3.05, 3.63) is 101 Å². The number of aromatic nitrogens is 3. The van der Waals surface area contributed by atoms with E-state index < -0.39 is 11.6 Å². The van der Waals surface area contributed by atoms with Gasteiger partial charge in [0.15, 0.2) is 11.6 Å². The van der Waals surface area contributed by atoms with Gasteiger partial charge in [-0.05, 0) is 61.9 Å². The number of anilines is 1. The van der Waals surface area contributed by atoms with E-state index in [0.29, 0.717) is 29.2 Å². The molecule has 3 aromatic carbocycles. The molecular weight excluding hydrogens is 486 g/mol. The van der Waals surface area contributed by atoms with E-state index in [2.05, 4.69) is 18.9 Å². The molecule has 5 aromatic rings. The van der Waals surface area contributed by atoms with E-state index in [9.17, 15) is 13.6 Å². The smallest absolute Gasteiger partial charge is 0.214 e. The highest BCUT2D eigenvalue weighted by Crippen LogP contribution is 2.30. The van der Waals surface area contributed by atoms with Gasteiger partial charge in [0.25, 0.3) is 0 Å². The number of carbonyl (C=O) groups is 1. The van der Waals surface area contributed by atoms with Crippen molar-refractivity contribution >= 4 is 22.5 Å². The Morgan fingerprint density at radius 3 is 2.45 bits per heavy atom. The quantitative estimate of drug-likeness (QED) is 0.238. The molecule has 0 aliphatic carbocycles. The molecule has 0 atom stereocenters. The first-order chi connectivity index (χ1) is 18.3. The summed E-state index contributed by atoms with van der Waals surface area (Å²) in [7, 11) is 0. The van der Waals surface area contributed by atoms with Gasteiger partial charge in [-0.15, -0.1) is 0 Å². The average molecular weight is 517 g/mol. The fourth-order valence-electron chi connectivity index (χ4n) is 4.22. The van der Waals surface area contributed by atoms with Crippen molar-refractivity contribution in [2.75, 3.05) is 5.73 Å². The number of carbonyl (C=O) groups excluding carboxylic acids is 1. The van der Waals surface area contributed by atoms with Crippen LogP contribution in [-0.4, -0.2) is 20.1 Å². The lowest BCUT2D eigenvalue weighted by atomic mass is 10.1. The van der Waals surface area contributed by atoms with Gasteiger partial charge in [-0.2, -0.15) is 9.49 Å². The Hall–Kier alpha value is -4.46. The van der Waals surface area contributed by atoms with Crippen molar-refractivity contribution < 1.29 is 18.3 Å². The van der Waals surface area contributed by atoms with Crippen molar-refractivity contribution in [2.45, 2.75) is 40.7 Å². The van der Waals surface area contributed by atoms with E-state index in [0.717, 1.165) is 22.5 Å². The molecule has 5 rings (SSSR count). The van der Waals surface area contributed by atoms with Crippen LogP contribution in [0.5, 0.6) is 11.5 Å². The van der Waals surface area contributed by atoms with Crippen LogP contribution >= 0.6 is 0 Å². The van der Waals surface area contributed by atoms with Crippen LogP contribution in [-0.2, 0) is 6.54 Å². The number of rotatable bonds is 6. The number of nitrogen functional groups attached to an aromatic ring is 1. The number of ether oxygens (including phenoxy) is 1. The zero-order valence-electron chi connectivity index (χ0n) is 21.8. The van der Waals surface area contributed by atoms with Crippen molar-refractivity contribution in [3.63, 3.8) is 0 Å². The summed E-state index contributed by atoms with van der Waals surface area (Å²) in [5.41, 5.74) is 9.53. The first-order valence-corrected chi connectivity index (χ1v) is 12.5. The van der Waals surface area contributed by atoms with E-state index in [4.69, 9.17) is 10.5 Å². The zero-order chi connectivity index (χ0) is 27.4. The van der Waals surface area contributed by atoms with Gasteiger partial charge < -0.3 is 15.0 Å². The topological polar surface area (TPSA) is 75.1 Å². The fraction of sp³-hybridized carbons (Fsp3) is 0.200. The van der Waals surface area contributed by atoms with Crippen molar-refractivity contribution in [3.8, 4) is 17.2 Å². The number of ketones is 1. The van der Waals surface area contributed by atoms with Crippen molar-refractivity contribution in [1.82, 2.24) is 14.3 Å².